The van der Waals surface area contributed by atoms with Gasteiger partial charge >= 0.3 is 0 Å². The number of rotatable bonds is 5. The Morgan fingerprint density at radius 1 is 1.18 bits per heavy atom. The molecule has 1 N–H and O–H groups in total. The van der Waals surface area contributed by atoms with E-state index in [1.165, 1.54) is 17.1 Å². The Morgan fingerprint density at radius 2 is 1.86 bits per heavy atom. The number of aryl methyl sites for hydroxylation is 1. The zero-order valence-corrected chi connectivity index (χ0v) is 20.3. The van der Waals surface area contributed by atoms with Crippen molar-refractivity contribution in [3.63, 3.8) is 0 Å². The minimum Gasteiger partial charge on any atom is -0.355 e. The van der Waals surface area contributed by atoms with E-state index in [1.807, 2.05) is 7.05 Å². The van der Waals surface area contributed by atoms with E-state index in [4.69, 9.17) is 0 Å². The van der Waals surface area contributed by atoms with E-state index in [0.717, 1.165) is 56.1 Å². The van der Waals surface area contributed by atoms with Crippen molar-refractivity contribution in [1.82, 2.24) is 19.6 Å². The van der Waals surface area contributed by atoms with E-state index in [2.05, 4.69) is 80.6 Å². The highest BCUT2D eigenvalue weighted by Crippen LogP contribution is 2.22. The van der Waals surface area contributed by atoms with Gasteiger partial charge in [-0.2, -0.15) is 4.37 Å². The number of benzene rings is 1. The van der Waals surface area contributed by atoms with Crippen molar-refractivity contribution < 1.29 is 0 Å². The lowest BCUT2D eigenvalue weighted by molar-refractivity contribution is 0.366. The van der Waals surface area contributed by atoms with Gasteiger partial charge in [-0.05, 0) is 5.56 Å². The summed E-state index contributed by atoms with van der Waals surface area (Å²) in [4.78, 5) is 13.8. The lowest BCUT2D eigenvalue weighted by Crippen LogP contribution is -2.54. The van der Waals surface area contributed by atoms with Crippen molar-refractivity contribution in [2.45, 2.75) is 32.6 Å². The number of piperazine rings is 1. The van der Waals surface area contributed by atoms with Gasteiger partial charge in [0.25, 0.3) is 0 Å². The van der Waals surface area contributed by atoms with E-state index in [1.54, 1.807) is 0 Å². The molecule has 0 amide bonds. The number of hydrogen-bond donors (Lipinski definition) is 1. The number of anilines is 1. The molecule has 0 unspecified atom stereocenters. The second-order valence-corrected chi connectivity index (χ2v) is 8.20. The summed E-state index contributed by atoms with van der Waals surface area (Å²) >= 11 is 1.51. The van der Waals surface area contributed by atoms with Crippen LogP contribution in [-0.4, -0.2) is 60.0 Å². The third kappa shape index (κ3) is 5.56. The first kappa shape index (κ1) is 22.9. The zero-order valence-electron chi connectivity index (χ0n) is 17.2. The first-order valence-corrected chi connectivity index (χ1v) is 10.4. The molecule has 0 bridgehead atoms. The SMILES string of the molecule is CCc1nsc(N2CCN(C(=NC)NCC(C)(C)c3ccccc3)CC2)n1.I. The molecule has 1 aromatic carbocycles. The summed E-state index contributed by atoms with van der Waals surface area (Å²) in [5.74, 6) is 1.92. The number of guanidine groups is 1. The van der Waals surface area contributed by atoms with Crippen LogP contribution in [-0.2, 0) is 11.8 Å². The molecule has 0 radical (unpaired) electrons. The fraction of sp³-hybridized carbons (Fsp3) is 0.550. The molecule has 154 valence electrons. The molecular weight excluding hydrogens is 483 g/mol. The molecule has 0 saturated carbocycles. The van der Waals surface area contributed by atoms with Crippen LogP contribution in [0.4, 0.5) is 5.13 Å². The molecule has 8 heteroatoms. The van der Waals surface area contributed by atoms with E-state index in [0.29, 0.717) is 0 Å². The Balaban J connectivity index is 0.00000280. The Labute approximate surface area is 189 Å². The predicted octanol–water partition coefficient (Wildman–Crippen LogP) is 3.39. The van der Waals surface area contributed by atoms with Crippen LogP contribution in [0.3, 0.4) is 0 Å². The lowest BCUT2D eigenvalue weighted by Gasteiger charge is -2.37. The summed E-state index contributed by atoms with van der Waals surface area (Å²) in [5, 5.41) is 4.62. The number of halogens is 1. The lowest BCUT2D eigenvalue weighted by atomic mass is 9.85. The van der Waals surface area contributed by atoms with Gasteiger partial charge < -0.3 is 15.1 Å². The van der Waals surface area contributed by atoms with Crippen LogP contribution in [0.2, 0.25) is 0 Å². The van der Waals surface area contributed by atoms with Gasteiger partial charge in [0.1, 0.15) is 5.82 Å². The molecule has 3 rings (SSSR count). The first-order valence-electron chi connectivity index (χ1n) is 9.62. The van der Waals surface area contributed by atoms with Crippen LogP contribution in [0.25, 0.3) is 0 Å². The van der Waals surface area contributed by atoms with E-state index >= 15 is 0 Å². The maximum atomic E-state index is 4.61. The predicted molar refractivity (Wildman–Crippen MR) is 129 cm³/mol. The summed E-state index contributed by atoms with van der Waals surface area (Å²) in [6, 6.07) is 10.6. The van der Waals surface area contributed by atoms with Gasteiger partial charge in [-0.25, -0.2) is 4.98 Å². The summed E-state index contributed by atoms with van der Waals surface area (Å²) in [6.45, 7) is 11.2. The third-order valence-electron chi connectivity index (χ3n) is 5.08. The Kier molecular flexibility index (Phi) is 8.48. The van der Waals surface area contributed by atoms with Gasteiger partial charge in [-0.15, -0.1) is 24.0 Å². The number of hydrogen-bond acceptors (Lipinski definition) is 5. The fourth-order valence-corrected chi connectivity index (χ4v) is 4.05. The van der Waals surface area contributed by atoms with Crippen molar-refractivity contribution in [3.05, 3.63) is 41.7 Å². The molecule has 0 aliphatic carbocycles. The van der Waals surface area contributed by atoms with Crippen LogP contribution in [0.1, 0.15) is 32.2 Å². The fourth-order valence-electron chi connectivity index (χ4n) is 3.25. The summed E-state index contributed by atoms with van der Waals surface area (Å²) < 4.78 is 4.40. The van der Waals surface area contributed by atoms with Crippen LogP contribution in [0.15, 0.2) is 35.3 Å². The largest absolute Gasteiger partial charge is 0.355 e. The number of aromatic nitrogens is 2. The summed E-state index contributed by atoms with van der Waals surface area (Å²) in [6.07, 6.45) is 0.893. The number of nitrogens with zero attached hydrogens (tertiary/aromatic N) is 5. The van der Waals surface area contributed by atoms with Crippen molar-refractivity contribution >= 4 is 46.6 Å². The van der Waals surface area contributed by atoms with Gasteiger partial charge in [0, 0.05) is 63.1 Å². The second kappa shape index (κ2) is 10.4. The van der Waals surface area contributed by atoms with Gasteiger partial charge in [0.2, 0.25) is 5.13 Å². The average molecular weight is 514 g/mol. The summed E-state index contributed by atoms with van der Waals surface area (Å²) in [7, 11) is 1.86. The molecule has 1 saturated heterocycles. The van der Waals surface area contributed by atoms with E-state index in [9.17, 15) is 0 Å². The van der Waals surface area contributed by atoms with Crippen molar-refractivity contribution in [1.29, 1.82) is 0 Å². The minimum absolute atomic E-state index is 0. The van der Waals surface area contributed by atoms with Crippen LogP contribution < -0.4 is 10.2 Å². The Bertz CT molecular complexity index is 753. The van der Waals surface area contributed by atoms with E-state index < -0.39 is 0 Å². The molecule has 1 aliphatic heterocycles. The van der Waals surface area contributed by atoms with Crippen molar-refractivity contribution in [2.75, 3.05) is 44.7 Å². The highest BCUT2D eigenvalue weighted by Gasteiger charge is 2.25. The smallest absolute Gasteiger partial charge is 0.205 e. The molecule has 0 atom stereocenters. The zero-order chi connectivity index (χ0) is 19.3. The molecule has 0 spiro atoms. The molecule has 1 aromatic heterocycles. The molecule has 1 aliphatic rings. The van der Waals surface area contributed by atoms with Gasteiger partial charge in [0.05, 0.1) is 0 Å². The van der Waals surface area contributed by atoms with Crippen molar-refractivity contribution in [3.8, 4) is 0 Å². The average Bonchev–Trinajstić information content (AvgIpc) is 3.19. The monoisotopic (exact) mass is 514 g/mol. The first-order chi connectivity index (χ1) is 13.0. The van der Waals surface area contributed by atoms with Crippen LogP contribution in [0.5, 0.6) is 0 Å². The quantitative estimate of drug-likeness (QED) is 0.377. The third-order valence-corrected chi connectivity index (χ3v) is 5.89. The van der Waals surface area contributed by atoms with Gasteiger partial charge in [-0.1, -0.05) is 51.1 Å². The van der Waals surface area contributed by atoms with Crippen molar-refractivity contribution in [2.24, 2.45) is 4.99 Å². The molecular formula is C20H31IN6S. The molecule has 6 nitrogen and oxygen atoms in total. The van der Waals surface area contributed by atoms with Crippen LogP contribution >= 0.6 is 35.5 Å². The Hall–Kier alpha value is -1.42. The van der Waals surface area contributed by atoms with Gasteiger partial charge in [-0.3, -0.25) is 4.99 Å². The number of nitrogens with one attached hydrogen (secondary N) is 1. The highest BCUT2D eigenvalue weighted by atomic mass is 127. The number of aliphatic imine (C=N–C) groups is 1. The molecule has 28 heavy (non-hydrogen) atoms. The van der Waals surface area contributed by atoms with Crippen LogP contribution in [0, 0.1) is 0 Å². The second-order valence-electron chi connectivity index (χ2n) is 7.47. The summed E-state index contributed by atoms with van der Waals surface area (Å²) in [5.41, 5.74) is 1.38. The minimum atomic E-state index is 0. The maximum Gasteiger partial charge on any atom is 0.205 e. The standard InChI is InChI=1S/C20H30N6S.HI/c1-5-17-23-19(27-24-17)26-13-11-25(12-14-26)18(21-4)22-15-20(2,3)16-9-7-6-8-10-16;/h6-10H,5,11-15H2,1-4H3,(H,21,22);1H. The normalized spacial score (nSPS) is 15.4. The van der Waals surface area contributed by atoms with Gasteiger partial charge in [0.15, 0.2) is 5.96 Å². The molecule has 2 heterocycles. The Morgan fingerprint density at radius 3 is 2.43 bits per heavy atom. The maximum absolute atomic E-state index is 4.61. The van der Waals surface area contributed by atoms with E-state index in [-0.39, 0.29) is 29.4 Å². The topological polar surface area (TPSA) is 56.7 Å². The molecule has 2 aromatic rings. The molecule has 1 fully saturated rings. The highest BCUT2D eigenvalue weighted by molar-refractivity contribution is 14.0.